The van der Waals surface area contributed by atoms with E-state index in [0.717, 1.165) is 23.9 Å². The van der Waals surface area contributed by atoms with Crippen molar-refractivity contribution in [3.63, 3.8) is 0 Å². The number of carbonyl (C=O) groups is 2. The molecule has 2 unspecified atom stereocenters. The topological polar surface area (TPSA) is 67.8 Å². The zero-order valence-corrected chi connectivity index (χ0v) is 19.8. The normalized spacial score (nSPS) is 22.5. The molecule has 0 aromatic heterocycles. The lowest BCUT2D eigenvalue weighted by Gasteiger charge is -2.30. The second kappa shape index (κ2) is 8.69. The predicted octanol–water partition coefficient (Wildman–Crippen LogP) is 5.91. The number of carbonyl (C=O) groups excluding carboxylic acids is 2. The fourth-order valence-electron chi connectivity index (χ4n) is 3.52. The number of rotatable bonds is 4. The van der Waals surface area contributed by atoms with Crippen LogP contribution in [0.4, 0.5) is 13.2 Å². The van der Waals surface area contributed by atoms with Gasteiger partial charge in [-0.2, -0.15) is 13.2 Å². The minimum absolute atomic E-state index is 0.0372. The van der Waals surface area contributed by atoms with Crippen LogP contribution in [0, 0.1) is 6.92 Å². The number of alkyl halides is 3. The first-order valence-corrected chi connectivity index (χ1v) is 11.6. The van der Waals surface area contributed by atoms with Crippen LogP contribution in [-0.2, 0) is 15.2 Å². The molecule has 0 spiro atoms. The highest BCUT2D eigenvalue weighted by atomic mass is 35.5. The van der Waals surface area contributed by atoms with Crippen LogP contribution in [0.3, 0.4) is 0 Å². The van der Waals surface area contributed by atoms with Gasteiger partial charge in [0.15, 0.2) is 0 Å². The molecule has 0 bridgehead atoms. The van der Waals surface area contributed by atoms with Crippen molar-refractivity contribution in [3.05, 3.63) is 67.7 Å². The minimum atomic E-state index is -4.85. The van der Waals surface area contributed by atoms with Crippen molar-refractivity contribution in [2.75, 3.05) is 5.75 Å². The van der Waals surface area contributed by atoms with Gasteiger partial charge < -0.3 is 10.2 Å². The van der Waals surface area contributed by atoms with Gasteiger partial charge in [0.25, 0.3) is 11.5 Å². The molecule has 1 N–H and O–H groups in total. The second-order valence-corrected chi connectivity index (χ2v) is 9.79. The minimum Gasteiger partial charge on any atom is -0.374 e. The third-order valence-corrected chi connectivity index (χ3v) is 7.69. The standard InChI is InChI=1S/C21H14Cl3F3N2O3S/c1-9-4-10(2-3-12(9)18(30)28-16-8-33-19(16)31)15-7-20(32-29-15,21(25,26)27)11-5-13(22)17(24)14(23)6-11/h2-6,16H,7-8H2,1H3,(H,28,30). The molecule has 174 valence electrons. The summed E-state index contributed by atoms with van der Waals surface area (Å²) >= 11 is 18.9. The van der Waals surface area contributed by atoms with Crippen LogP contribution in [0.15, 0.2) is 35.5 Å². The molecule has 0 saturated carbocycles. The molecule has 1 amide bonds. The molecule has 2 aromatic rings. The van der Waals surface area contributed by atoms with Gasteiger partial charge >= 0.3 is 6.18 Å². The van der Waals surface area contributed by atoms with Crippen LogP contribution in [0.1, 0.15) is 33.5 Å². The van der Waals surface area contributed by atoms with Crippen molar-refractivity contribution in [3.8, 4) is 0 Å². The average molecular weight is 538 g/mol. The largest absolute Gasteiger partial charge is 0.435 e. The number of nitrogens with one attached hydrogen (secondary N) is 1. The fraction of sp³-hybridized carbons (Fsp3) is 0.286. The van der Waals surface area contributed by atoms with Gasteiger partial charge in [0.05, 0.1) is 20.8 Å². The van der Waals surface area contributed by atoms with E-state index < -0.39 is 30.1 Å². The number of amides is 1. The maximum Gasteiger partial charge on any atom is 0.435 e. The monoisotopic (exact) mass is 536 g/mol. The summed E-state index contributed by atoms with van der Waals surface area (Å²) in [6, 6.07) is 6.08. The quantitative estimate of drug-likeness (QED) is 0.493. The number of oxime groups is 1. The Morgan fingerprint density at radius 1 is 1.21 bits per heavy atom. The van der Waals surface area contributed by atoms with Gasteiger partial charge in [0.1, 0.15) is 6.04 Å². The summed E-state index contributed by atoms with van der Waals surface area (Å²) in [4.78, 5) is 28.9. The summed E-state index contributed by atoms with van der Waals surface area (Å²) in [5.41, 5.74) is -1.92. The van der Waals surface area contributed by atoms with Gasteiger partial charge in [-0.15, -0.1) is 0 Å². The van der Waals surface area contributed by atoms with Gasteiger partial charge in [-0.25, -0.2) is 0 Å². The highest BCUT2D eigenvalue weighted by molar-refractivity contribution is 8.16. The molecule has 2 aromatic carbocycles. The highest BCUT2D eigenvalue weighted by Gasteiger charge is 2.62. The maximum atomic E-state index is 14.2. The zero-order chi connectivity index (χ0) is 24.1. The number of thioether (sulfide) groups is 1. The molecule has 2 aliphatic rings. The van der Waals surface area contributed by atoms with E-state index in [4.69, 9.17) is 39.6 Å². The molecule has 5 nitrogen and oxygen atoms in total. The summed E-state index contributed by atoms with van der Waals surface area (Å²) in [7, 11) is 0. The Kier molecular flexibility index (Phi) is 6.37. The number of aryl methyl sites for hydroxylation is 1. The van der Waals surface area contributed by atoms with E-state index in [9.17, 15) is 22.8 Å². The first-order chi connectivity index (χ1) is 15.4. The summed E-state index contributed by atoms with van der Waals surface area (Å²) in [5.74, 6) is 0.0751. The Bertz CT molecular complexity index is 1180. The Hall–Kier alpha value is -1.94. The molecule has 1 fully saturated rings. The number of benzene rings is 2. The van der Waals surface area contributed by atoms with Crippen LogP contribution in [0.2, 0.25) is 15.1 Å². The molecular formula is C21H14Cl3F3N2O3S. The number of hydrogen-bond donors (Lipinski definition) is 1. The van der Waals surface area contributed by atoms with Crippen molar-refractivity contribution in [1.29, 1.82) is 0 Å². The number of halogens is 6. The third kappa shape index (κ3) is 4.32. The van der Waals surface area contributed by atoms with Gasteiger partial charge in [0, 0.05) is 23.3 Å². The van der Waals surface area contributed by atoms with Gasteiger partial charge in [-0.05, 0) is 42.3 Å². The van der Waals surface area contributed by atoms with Crippen molar-refractivity contribution in [2.45, 2.75) is 31.2 Å². The van der Waals surface area contributed by atoms with Crippen LogP contribution in [-0.4, -0.2) is 34.7 Å². The lowest BCUT2D eigenvalue weighted by molar-refractivity contribution is -0.275. The highest BCUT2D eigenvalue weighted by Crippen LogP contribution is 2.50. The molecule has 0 aliphatic carbocycles. The van der Waals surface area contributed by atoms with Crippen LogP contribution < -0.4 is 5.32 Å². The van der Waals surface area contributed by atoms with E-state index in [0.29, 0.717) is 22.4 Å². The maximum absolute atomic E-state index is 14.2. The SMILES string of the molecule is Cc1cc(C2=NOC(c3cc(Cl)c(Cl)c(Cl)c3)(C(F)(F)F)C2)ccc1C(=O)NC1CSC1=O. The van der Waals surface area contributed by atoms with Crippen LogP contribution in [0.5, 0.6) is 0 Å². The lowest BCUT2D eigenvalue weighted by Crippen LogP contribution is -2.47. The molecule has 33 heavy (non-hydrogen) atoms. The van der Waals surface area contributed by atoms with Crippen molar-refractivity contribution in [2.24, 2.45) is 5.16 Å². The van der Waals surface area contributed by atoms with E-state index in [1.165, 1.54) is 12.1 Å². The summed E-state index contributed by atoms with van der Waals surface area (Å²) in [5, 5.41) is 5.88. The van der Waals surface area contributed by atoms with Gasteiger partial charge in [-0.1, -0.05) is 57.8 Å². The molecule has 1 saturated heterocycles. The molecular weight excluding hydrogens is 524 g/mol. The van der Waals surface area contributed by atoms with Gasteiger partial charge in [-0.3, -0.25) is 9.59 Å². The fourth-order valence-corrected chi connectivity index (χ4v) is 4.72. The third-order valence-electron chi connectivity index (χ3n) is 5.42. The summed E-state index contributed by atoms with van der Waals surface area (Å²) in [6.45, 7) is 1.64. The Morgan fingerprint density at radius 3 is 2.39 bits per heavy atom. The zero-order valence-electron chi connectivity index (χ0n) is 16.7. The molecule has 12 heteroatoms. The molecule has 4 rings (SSSR count). The Balaban J connectivity index is 1.61. The molecule has 2 heterocycles. The van der Waals surface area contributed by atoms with Crippen molar-refractivity contribution >= 4 is 63.3 Å². The smallest absolute Gasteiger partial charge is 0.374 e. The predicted molar refractivity (Wildman–Crippen MR) is 121 cm³/mol. The summed E-state index contributed by atoms with van der Waals surface area (Å²) in [6.07, 6.45) is -5.48. The second-order valence-electron chi connectivity index (χ2n) is 7.57. The van der Waals surface area contributed by atoms with E-state index in [1.54, 1.807) is 13.0 Å². The number of hydrogen-bond acceptors (Lipinski definition) is 5. The summed E-state index contributed by atoms with van der Waals surface area (Å²) < 4.78 is 42.6. The van der Waals surface area contributed by atoms with Crippen molar-refractivity contribution < 1.29 is 27.6 Å². The first kappa shape index (κ1) is 24.2. The van der Waals surface area contributed by atoms with E-state index in [2.05, 4.69) is 10.5 Å². The van der Waals surface area contributed by atoms with Crippen LogP contribution >= 0.6 is 46.6 Å². The molecule has 0 radical (unpaired) electrons. The van der Waals surface area contributed by atoms with E-state index >= 15 is 0 Å². The first-order valence-electron chi connectivity index (χ1n) is 9.48. The molecule has 2 atom stereocenters. The van der Waals surface area contributed by atoms with E-state index in [1.807, 2.05) is 0 Å². The Labute approximate surface area is 205 Å². The average Bonchev–Trinajstić information content (AvgIpc) is 3.21. The number of nitrogens with zero attached hydrogens (tertiary/aromatic N) is 1. The lowest BCUT2D eigenvalue weighted by atomic mass is 9.86. The van der Waals surface area contributed by atoms with Gasteiger partial charge in [0.2, 0.25) is 5.12 Å². The van der Waals surface area contributed by atoms with Crippen LogP contribution in [0.25, 0.3) is 0 Å². The van der Waals surface area contributed by atoms with E-state index in [-0.39, 0.29) is 31.5 Å². The van der Waals surface area contributed by atoms with Crippen molar-refractivity contribution in [1.82, 2.24) is 5.32 Å². The molecule has 2 aliphatic heterocycles. The Morgan fingerprint density at radius 2 is 1.88 bits per heavy atom.